The molecule has 0 spiro atoms. The van der Waals surface area contributed by atoms with Crippen molar-refractivity contribution in [2.24, 2.45) is 0 Å². The molecule has 0 saturated carbocycles. The topological polar surface area (TPSA) is 88.0 Å². The average molecular weight is 452 g/mol. The molecule has 4 rings (SSSR count). The Labute approximate surface area is 193 Å². The fourth-order valence-electron chi connectivity index (χ4n) is 4.05. The van der Waals surface area contributed by atoms with Crippen LogP contribution in [0.15, 0.2) is 36.9 Å². The molecular formula is C24H30FN7O. The lowest BCUT2D eigenvalue weighted by Gasteiger charge is -2.35. The monoisotopic (exact) mass is 451 g/mol. The molecule has 1 aliphatic rings. The summed E-state index contributed by atoms with van der Waals surface area (Å²) < 4.78 is 16.9. The number of hydrogen-bond donors (Lipinski definition) is 2. The number of nitrogens with one attached hydrogen (secondary N) is 2. The predicted molar refractivity (Wildman–Crippen MR) is 125 cm³/mol. The molecule has 8 nitrogen and oxygen atoms in total. The zero-order valence-corrected chi connectivity index (χ0v) is 19.3. The van der Waals surface area contributed by atoms with E-state index in [4.69, 9.17) is 0 Å². The second-order valence-corrected chi connectivity index (χ2v) is 8.56. The molecule has 0 atom stereocenters. The van der Waals surface area contributed by atoms with E-state index in [1.807, 2.05) is 17.8 Å². The molecule has 0 unspecified atom stereocenters. The van der Waals surface area contributed by atoms with E-state index >= 15 is 0 Å². The number of carbonyl (C=O) groups excluding carboxylic acids is 1. The van der Waals surface area contributed by atoms with E-state index in [2.05, 4.69) is 37.6 Å². The van der Waals surface area contributed by atoms with E-state index in [0.717, 1.165) is 30.8 Å². The molecular weight excluding hydrogens is 421 g/mol. The van der Waals surface area contributed by atoms with Gasteiger partial charge in [-0.25, -0.2) is 14.4 Å². The first kappa shape index (κ1) is 22.8. The van der Waals surface area contributed by atoms with E-state index < -0.39 is 0 Å². The number of aromatic nitrogens is 4. The van der Waals surface area contributed by atoms with Crippen LogP contribution < -0.4 is 10.6 Å². The number of rotatable bonds is 9. The van der Waals surface area contributed by atoms with Crippen LogP contribution in [0.25, 0.3) is 0 Å². The van der Waals surface area contributed by atoms with E-state index in [9.17, 15) is 9.18 Å². The molecule has 3 aromatic rings. The number of benzene rings is 1. The van der Waals surface area contributed by atoms with Gasteiger partial charge in [0.05, 0.1) is 17.9 Å². The van der Waals surface area contributed by atoms with Crippen molar-refractivity contribution in [2.45, 2.75) is 38.6 Å². The summed E-state index contributed by atoms with van der Waals surface area (Å²) in [5, 5.41) is 10.2. The number of anilines is 2. The van der Waals surface area contributed by atoms with Gasteiger partial charge in [-0.3, -0.25) is 9.48 Å². The Kier molecular flexibility index (Phi) is 6.98. The van der Waals surface area contributed by atoms with Crippen molar-refractivity contribution >= 4 is 17.5 Å². The highest BCUT2D eigenvalue weighted by molar-refractivity contribution is 5.94. The van der Waals surface area contributed by atoms with Crippen LogP contribution in [-0.2, 0) is 19.3 Å². The van der Waals surface area contributed by atoms with Gasteiger partial charge in [0.2, 0.25) is 5.95 Å². The minimum absolute atomic E-state index is 0.208. The number of nitrogens with zero attached hydrogens (tertiary/aromatic N) is 5. The Morgan fingerprint density at radius 1 is 1.12 bits per heavy atom. The molecule has 0 aliphatic carbocycles. The van der Waals surface area contributed by atoms with Crippen molar-refractivity contribution in [2.75, 3.05) is 32.5 Å². The van der Waals surface area contributed by atoms with Crippen LogP contribution in [0.3, 0.4) is 0 Å². The maximum absolute atomic E-state index is 14.9. The Bertz CT molecular complexity index is 1110. The highest BCUT2D eigenvalue weighted by Gasteiger charge is 2.25. The van der Waals surface area contributed by atoms with Crippen LogP contribution in [-0.4, -0.2) is 57.7 Å². The van der Waals surface area contributed by atoms with E-state index in [1.165, 1.54) is 0 Å². The van der Waals surface area contributed by atoms with Gasteiger partial charge in [0.1, 0.15) is 5.82 Å². The molecule has 1 aliphatic heterocycles. The third kappa shape index (κ3) is 5.36. The fourth-order valence-corrected chi connectivity index (χ4v) is 4.05. The van der Waals surface area contributed by atoms with Gasteiger partial charge < -0.3 is 15.5 Å². The maximum Gasteiger partial charge on any atom is 0.251 e. The summed E-state index contributed by atoms with van der Waals surface area (Å²) in [6.07, 6.45) is 9.67. The lowest BCUT2D eigenvalue weighted by Crippen LogP contribution is -2.45. The molecule has 1 aromatic carbocycles. The summed E-state index contributed by atoms with van der Waals surface area (Å²) in [4.78, 5) is 23.1. The van der Waals surface area contributed by atoms with Gasteiger partial charge >= 0.3 is 0 Å². The molecule has 1 amide bonds. The molecule has 3 heterocycles. The van der Waals surface area contributed by atoms with E-state index in [1.54, 1.807) is 37.8 Å². The number of aryl methyl sites for hydroxylation is 3. The third-order valence-electron chi connectivity index (χ3n) is 5.90. The van der Waals surface area contributed by atoms with Crippen LogP contribution in [0.5, 0.6) is 0 Å². The van der Waals surface area contributed by atoms with Crippen LogP contribution in [0.2, 0.25) is 0 Å². The van der Waals surface area contributed by atoms with Gasteiger partial charge in [-0.15, -0.1) is 0 Å². The Balaban J connectivity index is 1.39. The van der Waals surface area contributed by atoms with Crippen molar-refractivity contribution in [3.63, 3.8) is 0 Å². The molecule has 1 saturated heterocycles. The van der Waals surface area contributed by atoms with E-state index in [0.29, 0.717) is 47.9 Å². The van der Waals surface area contributed by atoms with Crippen LogP contribution in [0.4, 0.5) is 16.0 Å². The molecule has 1 fully saturated rings. The number of halogens is 1. The largest absolute Gasteiger partial charge is 0.355 e. The summed E-state index contributed by atoms with van der Waals surface area (Å²) >= 11 is 0. The highest BCUT2D eigenvalue weighted by atomic mass is 19.1. The Morgan fingerprint density at radius 3 is 2.45 bits per heavy atom. The second-order valence-electron chi connectivity index (χ2n) is 8.56. The molecule has 9 heteroatoms. The Hall–Kier alpha value is -3.33. The normalized spacial score (nSPS) is 14.2. The maximum atomic E-state index is 14.9. The van der Waals surface area contributed by atoms with Gasteiger partial charge in [0.15, 0.2) is 0 Å². The van der Waals surface area contributed by atoms with Crippen LogP contribution >= 0.6 is 0 Å². The highest BCUT2D eigenvalue weighted by Crippen LogP contribution is 2.22. The number of amides is 1. The summed E-state index contributed by atoms with van der Waals surface area (Å²) in [5.41, 5.74) is 3.35. The summed E-state index contributed by atoms with van der Waals surface area (Å²) in [6.45, 7) is 3.99. The first-order valence-corrected chi connectivity index (χ1v) is 11.3. The van der Waals surface area contributed by atoms with Crippen molar-refractivity contribution in [1.82, 2.24) is 30.0 Å². The molecule has 0 radical (unpaired) electrons. The summed E-state index contributed by atoms with van der Waals surface area (Å²) in [7, 11) is 3.67. The van der Waals surface area contributed by atoms with Crippen molar-refractivity contribution in [1.29, 1.82) is 0 Å². The van der Waals surface area contributed by atoms with Crippen LogP contribution in [0.1, 0.15) is 46.4 Å². The standard InChI is InChI=1S/C24H30FN7O/c1-4-5-17-8-19(23(33)26-2)9-18(22(17)25)7-6-16-10-27-24(28-11-16)30-20-12-29-32(13-20)21-14-31(3)15-21/h8-13,21H,4-7,14-15H2,1-3H3,(H,26,33)(H,27,28,30). The van der Waals surface area contributed by atoms with Gasteiger partial charge in [-0.2, -0.15) is 5.10 Å². The lowest BCUT2D eigenvalue weighted by molar-refractivity contribution is 0.0963. The van der Waals surface area contributed by atoms with Gasteiger partial charge in [0.25, 0.3) is 5.91 Å². The van der Waals surface area contributed by atoms with Gasteiger partial charge in [-0.05, 0) is 55.1 Å². The zero-order valence-electron chi connectivity index (χ0n) is 19.3. The lowest BCUT2D eigenvalue weighted by atomic mass is 9.97. The molecule has 0 bridgehead atoms. The molecule has 2 aromatic heterocycles. The number of likely N-dealkylation sites (tertiary alicyclic amines) is 1. The quantitative estimate of drug-likeness (QED) is 0.520. The minimum atomic E-state index is -0.224. The third-order valence-corrected chi connectivity index (χ3v) is 5.90. The van der Waals surface area contributed by atoms with Gasteiger partial charge in [0, 0.05) is 44.3 Å². The number of carbonyl (C=O) groups is 1. The second kappa shape index (κ2) is 10.1. The van der Waals surface area contributed by atoms with Crippen molar-refractivity contribution < 1.29 is 9.18 Å². The number of hydrogen-bond acceptors (Lipinski definition) is 6. The minimum Gasteiger partial charge on any atom is -0.355 e. The summed E-state index contributed by atoms with van der Waals surface area (Å²) in [6, 6.07) is 3.70. The smallest absolute Gasteiger partial charge is 0.251 e. The van der Waals surface area contributed by atoms with Gasteiger partial charge in [-0.1, -0.05) is 13.3 Å². The Morgan fingerprint density at radius 2 is 1.82 bits per heavy atom. The van der Waals surface area contributed by atoms with E-state index in [-0.39, 0.29) is 11.7 Å². The van der Waals surface area contributed by atoms with Crippen molar-refractivity contribution in [3.05, 3.63) is 65.0 Å². The first-order valence-electron chi connectivity index (χ1n) is 11.3. The first-order chi connectivity index (χ1) is 16.0. The average Bonchev–Trinajstić information content (AvgIpc) is 3.25. The summed E-state index contributed by atoms with van der Waals surface area (Å²) in [5.74, 6) is 0.0560. The molecule has 174 valence electrons. The predicted octanol–water partition coefficient (Wildman–Crippen LogP) is 3.14. The number of likely N-dealkylation sites (N-methyl/N-ethyl adjacent to an activating group) is 1. The van der Waals surface area contributed by atoms with Crippen LogP contribution in [0, 0.1) is 5.82 Å². The SMILES string of the molecule is CCCc1cc(C(=O)NC)cc(CCc2cnc(Nc3cnn(C4CN(C)C4)c3)nc2)c1F. The zero-order chi connectivity index (χ0) is 23.4. The molecule has 2 N–H and O–H groups in total. The van der Waals surface area contributed by atoms with Crippen molar-refractivity contribution in [3.8, 4) is 0 Å². The molecule has 33 heavy (non-hydrogen) atoms. The fraction of sp³-hybridized carbons (Fsp3) is 0.417.